The summed E-state index contributed by atoms with van der Waals surface area (Å²) in [6.45, 7) is 8.86. The van der Waals surface area contributed by atoms with Gasteiger partial charge in [-0.25, -0.2) is 0 Å². The molecule has 0 saturated carbocycles. The molecule has 19 heavy (non-hydrogen) atoms. The molecule has 1 aromatic carbocycles. The third-order valence-corrected chi connectivity index (χ3v) is 4.33. The number of fused-ring (bicyclic) bond motifs is 1. The molecule has 0 spiro atoms. The SMILES string of the molecule is CC1CNC(C)CCN(C2COc3ccccc32)C1. The van der Waals surface area contributed by atoms with Gasteiger partial charge in [-0.05, 0) is 31.9 Å². The predicted octanol–water partition coefficient (Wildman–Crippen LogP) is 2.44. The van der Waals surface area contributed by atoms with Crippen molar-refractivity contribution in [2.45, 2.75) is 32.4 Å². The summed E-state index contributed by atoms with van der Waals surface area (Å²) >= 11 is 0. The van der Waals surface area contributed by atoms with Gasteiger partial charge in [0.15, 0.2) is 0 Å². The standard InChI is InChI=1S/C16H24N2O/c1-12-9-17-13(2)7-8-18(10-12)15-11-19-16-6-4-3-5-14(15)16/h3-6,12-13,15,17H,7-11H2,1-2H3. The van der Waals surface area contributed by atoms with Crippen molar-refractivity contribution in [3.63, 3.8) is 0 Å². The number of hydrogen-bond acceptors (Lipinski definition) is 3. The van der Waals surface area contributed by atoms with Crippen LogP contribution in [0, 0.1) is 5.92 Å². The lowest BCUT2D eigenvalue weighted by Gasteiger charge is -2.34. The van der Waals surface area contributed by atoms with Crippen molar-refractivity contribution in [3.05, 3.63) is 29.8 Å². The summed E-state index contributed by atoms with van der Waals surface area (Å²) in [6, 6.07) is 9.55. The highest BCUT2D eigenvalue weighted by atomic mass is 16.5. The molecule has 1 aromatic rings. The maximum atomic E-state index is 5.84. The molecule has 3 atom stereocenters. The van der Waals surface area contributed by atoms with Gasteiger partial charge in [0.25, 0.3) is 0 Å². The Morgan fingerprint density at radius 2 is 2.11 bits per heavy atom. The third kappa shape index (κ3) is 2.77. The van der Waals surface area contributed by atoms with Crippen molar-refractivity contribution in [1.82, 2.24) is 10.2 Å². The third-order valence-electron chi connectivity index (χ3n) is 4.33. The molecule has 3 rings (SSSR count). The largest absolute Gasteiger partial charge is 0.491 e. The summed E-state index contributed by atoms with van der Waals surface area (Å²) in [6.07, 6.45) is 1.21. The smallest absolute Gasteiger partial charge is 0.124 e. The van der Waals surface area contributed by atoms with Crippen LogP contribution in [0.5, 0.6) is 5.75 Å². The number of ether oxygens (including phenoxy) is 1. The van der Waals surface area contributed by atoms with Crippen molar-refractivity contribution in [2.75, 3.05) is 26.2 Å². The van der Waals surface area contributed by atoms with Crippen molar-refractivity contribution in [2.24, 2.45) is 5.92 Å². The van der Waals surface area contributed by atoms with E-state index in [0.717, 1.165) is 32.0 Å². The first-order valence-electron chi connectivity index (χ1n) is 7.43. The highest BCUT2D eigenvalue weighted by Crippen LogP contribution is 2.36. The van der Waals surface area contributed by atoms with Crippen LogP contribution in [0.1, 0.15) is 31.9 Å². The van der Waals surface area contributed by atoms with E-state index in [1.807, 2.05) is 0 Å². The Hall–Kier alpha value is -1.06. The zero-order chi connectivity index (χ0) is 13.2. The Labute approximate surface area is 115 Å². The fourth-order valence-corrected chi connectivity index (χ4v) is 3.15. The topological polar surface area (TPSA) is 24.5 Å². The summed E-state index contributed by atoms with van der Waals surface area (Å²) in [5, 5.41) is 3.61. The van der Waals surface area contributed by atoms with Gasteiger partial charge in [0.1, 0.15) is 12.4 Å². The zero-order valence-corrected chi connectivity index (χ0v) is 11.9. The van der Waals surface area contributed by atoms with Gasteiger partial charge in [-0.15, -0.1) is 0 Å². The second kappa shape index (κ2) is 5.51. The van der Waals surface area contributed by atoms with Gasteiger partial charge < -0.3 is 10.1 Å². The van der Waals surface area contributed by atoms with Crippen LogP contribution in [0.3, 0.4) is 0 Å². The first kappa shape index (κ1) is 12.9. The van der Waals surface area contributed by atoms with Gasteiger partial charge >= 0.3 is 0 Å². The van der Waals surface area contributed by atoms with Crippen LogP contribution in [-0.4, -0.2) is 37.2 Å². The van der Waals surface area contributed by atoms with Crippen LogP contribution in [-0.2, 0) is 0 Å². The fourth-order valence-electron chi connectivity index (χ4n) is 3.15. The van der Waals surface area contributed by atoms with E-state index in [1.54, 1.807) is 0 Å². The molecular weight excluding hydrogens is 236 g/mol. The minimum absolute atomic E-state index is 0.448. The molecule has 1 saturated heterocycles. The quantitative estimate of drug-likeness (QED) is 0.839. The van der Waals surface area contributed by atoms with E-state index in [1.165, 1.54) is 12.0 Å². The van der Waals surface area contributed by atoms with E-state index in [4.69, 9.17) is 4.74 Å². The Morgan fingerprint density at radius 1 is 1.26 bits per heavy atom. The number of benzene rings is 1. The lowest BCUT2D eigenvalue weighted by atomic mass is 10.0. The summed E-state index contributed by atoms with van der Waals surface area (Å²) in [7, 11) is 0. The van der Waals surface area contributed by atoms with Crippen LogP contribution in [0.25, 0.3) is 0 Å². The summed E-state index contributed by atoms with van der Waals surface area (Å²) < 4.78 is 5.84. The molecule has 3 nitrogen and oxygen atoms in total. The van der Waals surface area contributed by atoms with E-state index in [0.29, 0.717) is 18.0 Å². The van der Waals surface area contributed by atoms with Crippen molar-refractivity contribution < 1.29 is 4.74 Å². The maximum absolute atomic E-state index is 5.84. The number of hydrogen-bond donors (Lipinski definition) is 1. The normalized spacial score (nSPS) is 32.2. The Morgan fingerprint density at radius 3 is 3.00 bits per heavy atom. The summed E-state index contributed by atoms with van der Waals surface area (Å²) in [4.78, 5) is 2.62. The number of rotatable bonds is 1. The minimum atomic E-state index is 0.448. The van der Waals surface area contributed by atoms with Crippen LogP contribution < -0.4 is 10.1 Å². The van der Waals surface area contributed by atoms with Crippen molar-refractivity contribution in [1.29, 1.82) is 0 Å². The minimum Gasteiger partial charge on any atom is -0.491 e. The van der Waals surface area contributed by atoms with Gasteiger partial charge in [-0.1, -0.05) is 25.1 Å². The molecule has 3 unspecified atom stereocenters. The van der Waals surface area contributed by atoms with Crippen LogP contribution in [0.4, 0.5) is 0 Å². The molecule has 2 aliphatic heterocycles. The maximum Gasteiger partial charge on any atom is 0.124 e. The van der Waals surface area contributed by atoms with Gasteiger partial charge in [-0.2, -0.15) is 0 Å². The molecule has 104 valence electrons. The van der Waals surface area contributed by atoms with Gasteiger partial charge in [0, 0.05) is 24.7 Å². The molecule has 0 radical (unpaired) electrons. The lowest BCUT2D eigenvalue weighted by molar-refractivity contribution is 0.126. The van der Waals surface area contributed by atoms with Gasteiger partial charge in [-0.3, -0.25) is 4.90 Å². The van der Waals surface area contributed by atoms with E-state index in [9.17, 15) is 0 Å². The molecule has 2 heterocycles. The Kier molecular flexibility index (Phi) is 3.76. The number of nitrogens with one attached hydrogen (secondary N) is 1. The second-order valence-corrected chi connectivity index (χ2v) is 6.06. The van der Waals surface area contributed by atoms with Crippen molar-refractivity contribution >= 4 is 0 Å². The molecule has 0 aromatic heterocycles. The van der Waals surface area contributed by atoms with E-state index < -0.39 is 0 Å². The summed E-state index contributed by atoms with van der Waals surface area (Å²) in [5.41, 5.74) is 1.37. The monoisotopic (exact) mass is 260 g/mol. The lowest BCUT2D eigenvalue weighted by Crippen LogP contribution is -2.44. The average molecular weight is 260 g/mol. The van der Waals surface area contributed by atoms with E-state index >= 15 is 0 Å². The Balaban J connectivity index is 1.77. The molecule has 0 aliphatic carbocycles. The molecule has 0 amide bonds. The van der Waals surface area contributed by atoms with Gasteiger partial charge in [0.2, 0.25) is 0 Å². The van der Waals surface area contributed by atoms with E-state index in [-0.39, 0.29) is 0 Å². The molecule has 2 aliphatic rings. The van der Waals surface area contributed by atoms with Crippen LogP contribution >= 0.6 is 0 Å². The molecule has 0 bridgehead atoms. The average Bonchev–Trinajstić information content (AvgIpc) is 2.83. The predicted molar refractivity (Wildman–Crippen MR) is 77.5 cm³/mol. The van der Waals surface area contributed by atoms with Crippen LogP contribution in [0.15, 0.2) is 24.3 Å². The van der Waals surface area contributed by atoms with Crippen molar-refractivity contribution in [3.8, 4) is 5.75 Å². The molecular formula is C16H24N2O. The highest BCUT2D eigenvalue weighted by molar-refractivity contribution is 5.39. The number of nitrogens with zero attached hydrogens (tertiary/aromatic N) is 1. The Bertz CT molecular complexity index is 435. The summed E-state index contributed by atoms with van der Waals surface area (Å²) in [5.74, 6) is 1.77. The highest BCUT2D eigenvalue weighted by Gasteiger charge is 2.30. The van der Waals surface area contributed by atoms with Gasteiger partial charge in [0.05, 0.1) is 6.04 Å². The molecule has 1 N–H and O–H groups in total. The van der Waals surface area contributed by atoms with Crippen LogP contribution in [0.2, 0.25) is 0 Å². The number of para-hydroxylation sites is 1. The second-order valence-electron chi connectivity index (χ2n) is 6.06. The first-order valence-corrected chi connectivity index (χ1v) is 7.43. The zero-order valence-electron chi connectivity index (χ0n) is 11.9. The molecule has 3 heteroatoms. The first-order chi connectivity index (χ1) is 9.24. The van der Waals surface area contributed by atoms with E-state index in [2.05, 4.69) is 48.3 Å². The molecule has 1 fully saturated rings. The fraction of sp³-hybridized carbons (Fsp3) is 0.625.